The molecule has 19 heavy (non-hydrogen) atoms. The van der Waals surface area contributed by atoms with Gasteiger partial charge in [-0.1, -0.05) is 12.1 Å². The Bertz CT molecular complexity index is 575. The number of nitriles is 1. The fourth-order valence-corrected chi connectivity index (χ4v) is 2.69. The van der Waals surface area contributed by atoms with E-state index in [4.69, 9.17) is 5.26 Å². The molecule has 0 aliphatic rings. The van der Waals surface area contributed by atoms with Crippen molar-refractivity contribution in [3.63, 3.8) is 0 Å². The second-order valence-corrected chi connectivity index (χ2v) is 7.04. The van der Waals surface area contributed by atoms with E-state index in [1.54, 1.807) is 19.9 Å². The molecule has 0 aliphatic heterocycles. The number of nitrogens with zero attached hydrogens (tertiary/aromatic N) is 1. The number of rotatable bonds is 5. The number of aliphatic hydroxyl groups is 2. The summed E-state index contributed by atoms with van der Waals surface area (Å²) in [5.41, 5.74) is 0.282. The SMILES string of the molecule is CC(C)S(=O)(=O)c1cccc(C(O)C(O)CC#N)c1. The summed E-state index contributed by atoms with van der Waals surface area (Å²) >= 11 is 0. The van der Waals surface area contributed by atoms with Gasteiger partial charge in [-0.15, -0.1) is 0 Å². The zero-order chi connectivity index (χ0) is 14.6. The van der Waals surface area contributed by atoms with Crippen molar-refractivity contribution in [2.75, 3.05) is 0 Å². The summed E-state index contributed by atoms with van der Waals surface area (Å²) in [4.78, 5) is 0.100. The van der Waals surface area contributed by atoms with E-state index in [2.05, 4.69) is 0 Å². The van der Waals surface area contributed by atoms with E-state index in [9.17, 15) is 18.6 Å². The molecule has 0 saturated carbocycles. The lowest BCUT2D eigenvalue weighted by Crippen LogP contribution is -2.19. The molecule has 0 fully saturated rings. The van der Waals surface area contributed by atoms with Gasteiger partial charge in [0.1, 0.15) is 6.10 Å². The van der Waals surface area contributed by atoms with Crippen LogP contribution < -0.4 is 0 Å². The summed E-state index contributed by atoms with van der Waals surface area (Å²) in [6, 6.07) is 7.56. The van der Waals surface area contributed by atoms with E-state index in [1.165, 1.54) is 24.3 Å². The van der Waals surface area contributed by atoms with Gasteiger partial charge >= 0.3 is 0 Å². The van der Waals surface area contributed by atoms with Gasteiger partial charge in [0.05, 0.1) is 28.7 Å². The van der Waals surface area contributed by atoms with E-state index >= 15 is 0 Å². The summed E-state index contributed by atoms with van der Waals surface area (Å²) in [7, 11) is -3.43. The maximum atomic E-state index is 12.0. The molecule has 0 saturated heterocycles. The lowest BCUT2D eigenvalue weighted by Gasteiger charge is -2.17. The van der Waals surface area contributed by atoms with Gasteiger partial charge in [0.25, 0.3) is 0 Å². The first-order valence-corrected chi connectivity index (χ1v) is 7.42. The number of aliphatic hydroxyl groups excluding tert-OH is 2. The fourth-order valence-electron chi connectivity index (χ4n) is 1.57. The van der Waals surface area contributed by atoms with Crippen LogP contribution in [0, 0.1) is 11.3 Å². The predicted octanol–water partition coefficient (Wildman–Crippen LogP) is 1.18. The van der Waals surface area contributed by atoms with Crippen LogP contribution in [0.1, 0.15) is 31.9 Å². The molecule has 1 aromatic rings. The average molecular weight is 283 g/mol. The minimum absolute atomic E-state index is 0.100. The van der Waals surface area contributed by atoms with Crippen LogP contribution in [0.2, 0.25) is 0 Å². The van der Waals surface area contributed by atoms with Crippen molar-refractivity contribution < 1.29 is 18.6 Å². The molecular formula is C13H17NO4S. The number of sulfone groups is 1. The Labute approximate surface area is 113 Å². The first-order chi connectivity index (χ1) is 8.80. The highest BCUT2D eigenvalue weighted by molar-refractivity contribution is 7.92. The molecule has 2 N–H and O–H groups in total. The van der Waals surface area contributed by atoms with Crippen LogP contribution in [0.4, 0.5) is 0 Å². The molecular weight excluding hydrogens is 266 g/mol. The molecule has 0 heterocycles. The highest BCUT2D eigenvalue weighted by Gasteiger charge is 2.23. The second kappa shape index (κ2) is 6.15. The first-order valence-electron chi connectivity index (χ1n) is 5.87. The van der Waals surface area contributed by atoms with E-state index in [0.717, 1.165) is 0 Å². The minimum Gasteiger partial charge on any atom is -0.389 e. The van der Waals surface area contributed by atoms with Crippen LogP contribution in [-0.4, -0.2) is 30.0 Å². The Kier molecular flexibility index (Phi) is 5.06. The Morgan fingerprint density at radius 2 is 1.95 bits per heavy atom. The van der Waals surface area contributed by atoms with Gasteiger partial charge in [0.2, 0.25) is 0 Å². The molecule has 1 rings (SSSR count). The third-order valence-corrected chi connectivity index (χ3v) is 4.97. The molecule has 2 atom stereocenters. The molecule has 104 valence electrons. The molecule has 0 aromatic heterocycles. The van der Waals surface area contributed by atoms with Crippen LogP contribution >= 0.6 is 0 Å². The summed E-state index contributed by atoms with van der Waals surface area (Å²) in [6.45, 7) is 3.14. The zero-order valence-electron chi connectivity index (χ0n) is 10.8. The van der Waals surface area contributed by atoms with Crippen molar-refractivity contribution in [3.8, 4) is 6.07 Å². The average Bonchev–Trinajstić information content (AvgIpc) is 2.38. The molecule has 0 bridgehead atoms. The maximum Gasteiger partial charge on any atom is 0.180 e. The Balaban J connectivity index is 3.12. The number of benzene rings is 1. The van der Waals surface area contributed by atoms with Gasteiger partial charge in [0.15, 0.2) is 9.84 Å². The molecule has 2 unspecified atom stereocenters. The minimum atomic E-state index is -3.43. The van der Waals surface area contributed by atoms with E-state index in [1.807, 2.05) is 0 Å². The van der Waals surface area contributed by atoms with E-state index < -0.39 is 27.3 Å². The van der Waals surface area contributed by atoms with Gasteiger partial charge in [-0.25, -0.2) is 8.42 Å². The van der Waals surface area contributed by atoms with Crippen molar-refractivity contribution in [3.05, 3.63) is 29.8 Å². The summed E-state index contributed by atoms with van der Waals surface area (Å²) in [5, 5.41) is 27.3. The predicted molar refractivity (Wildman–Crippen MR) is 70.0 cm³/mol. The molecule has 5 nitrogen and oxygen atoms in total. The smallest absolute Gasteiger partial charge is 0.180 e. The highest BCUT2D eigenvalue weighted by atomic mass is 32.2. The van der Waals surface area contributed by atoms with E-state index in [0.29, 0.717) is 0 Å². The maximum absolute atomic E-state index is 12.0. The topological polar surface area (TPSA) is 98.4 Å². The summed E-state index contributed by atoms with van der Waals surface area (Å²) < 4.78 is 24.0. The Hall–Kier alpha value is -1.42. The quantitative estimate of drug-likeness (QED) is 0.845. The van der Waals surface area contributed by atoms with Crippen molar-refractivity contribution >= 4 is 9.84 Å². The third-order valence-electron chi connectivity index (χ3n) is 2.81. The van der Waals surface area contributed by atoms with Crippen molar-refractivity contribution in [1.29, 1.82) is 5.26 Å². The molecule has 1 aromatic carbocycles. The zero-order valence-corrected chi connectivity index (χ0v) is 11.6. The van der Waals surface area contributed by atoms with Crippen LogP contribution in [0.5, 0.6) is 0 Å². The fraction of sp³-hybridized carbons (Fsp3) is 0.462. The van der Waals surface area contributed by atoms with Crippen LogP contribution in [0.3, 0.4) is 0 Å². The molecule has 6 heteroatoms. The highest BCUT2D eigenvalue weighted by Crippen LogP contribution is 2.23. The second-order valence-electron chi connectivity index (χ2n) is 4.54. The number of hydrogen-bond donors (Lipinski definition) is 2. The Morgan fingerprint density at radius 1 is 1.32 bits per heavy atom. The van der Waals surface area contributed by atoms with Gasteiger partial charge in [-0.2, -0.15) is 5.26 Å². The van der Waals surface area contributed by atoms with Crippen molar-refractivity contribution in [2.45, 2.75) is 42.6 Å². The monoisotopic (exact) mass is 283 g/mol. The van der Waals surface area contributed by atoms with Crippen LogP contribution in [-0.2, 0) is 9.84 Å². The number of hydrogen-bond acceptors (Lipinski definition) is 5. The largest absolute Gasteiger partial charge is 0.389 e. The lowest BCUT2D eigenvalue weighted by molar-refractivity contribution is 0.0215. The molecule has 0 amide bonds. The summed E-state index contributed by atoms with van der Waals surface area (Å²) in [5.74, 6) is 0. The molecule has 0 aliphatic carbocycles. The van der Waals surface area contributed by atoms with Crippen molar-refractivity contribution in [1.82, 2.24) is 0 Å². The standard InChI is InChI=1S/C13H17NO4S/c1-9(2)19(17,18)11-5-3-4-10(8-11)13(16)12(15)6-7-14/h3-5,8-9,12-13,15-16H,6H2,1-2H3. The molecule has 0 radical (unpaired) electrons. The van der Waals surface area contributed by atoms with Crippen LogP contribution in [0.15, 0.2) is 29.2 Å². The molecule has 0 spiro atoms. The van der Waals surface area contributed by atoms with Gasteiger partial charge in [-0.3, -0.25) is 0 Å². The van der Waals surface area contributed by atoms with Gasteiger partial charge in [-0.05, 0) is 31.5 Å². The lowest BCUT2D eigenvalue weighted by atomic mass is 10.0. The first kappa shape index (κ1) is 15.6. The van der Waals surface area contributed by atoms with Crippen molar-refractivity contribution in [2.24, 2.45) is 0 Å². The third kappa shape index (κ3) is 3.53. The Morgan fingerprint density at radius 3 is 2.47 bits per heavy atom. The van der Waals surface area contributed by atoms with Crippen LogP contribution in [0.25, 0.3) is 0 Å². The summed E-state index contributed by atoms with van der Waals surface area (Å²) in [6.07, 6.45) is -2.73. The van der Waals surface area contributed by atoms with Gasteiger partial charge in [0, 0.05) is 0 Å². The van der Waals surface area contributed by atoms with E-state index in [-0.39, 0.29) is 16.9 Å². The normalized spacial score (nSPS) is 14.9. The van der Waals surface area contributed by atoms with Gasteiger partial charge < -0.3 is 10.2 Å².